The van der Waals surface area contributed by atoms with Crippen LogP contribution in [0.15, 0.2) is 18.2 Å². The zero-order valence-corrected chi connectivity index (χ0v) is 11.9. The molecule has 3 rings (SSSR count). The minimum Gasteiger partial charge on any atom is -0.487 e. The molecule has 0 amide bonds. The van der Waals surface area contributed by atoms with Crippen molar-refractivity contribution in [3.8, 4) is 5.75 Å². The molecule has 0 atom stereocenters. The van der Waals surface area contributed by atoms with E-state index in [-0.39, 0.29) is 11.7 Å². The minimum atomic E-state index is -0.0922. The summed E-state index contributed by atoms with van der Waals surface area (Å²) in [5.74, 6) is 1.04. The first-order chi connectivity index (χ1) is 9.02. The second-order valence-electron chi connectivity index (χ2n) is 6.49. The van der Waals surface area contributed by atoms with Crippen molar-refractivity contribution in [2.24, 2.45) is 0 Å². The summed E-state index contributed by atoms with van der Waals surface area (Å²) in [6, 6.07) is 6.57. The van der Waals surface area contributed by atoms with Crippen molar-refractivity contribution in [3.05, 3.63) is 29.3 Å². The summed E-state index contributed by atoms with van der Waals surface area (Å²) in [6.45, 7) is 7.26. The summed E-state index contributed by atoms with van der Waals surface area (Å²) in [6.07, 6.45) is 2.71. The zero-order valence-electron chi connectivity index (χ0n) is 11.9. The fourth-order valence-electron chi connectivity index (χ4n) is 3.10. The van der Waals surface area contributed by atoms with E-state index in [1.807, 2.05) is 0 Å². The molecule has 0 spiro atoms. The Kier molecular flexibility index (Phi) is 3.27. The van der Waals surface area contributed by atoms with Crippen LogP contribution in [-0.2, 0) is 13.0 Å². The van der Waals surface area contributed by atoms with Crippen LogP contribution in [0.25, 0.3) is 0 Å². The molecule has 0 saturated carbocycles. The number of nitrogens with zero attached hydrogens (tertiary/aromatic N) is 1. The van der Waals surface area contributed by atoms with Crippen molar-refractivity contribution in [3.63, 3.8) is 0 Å². The van der Waals surface area contributed by atoms with Gasteiger partial charge in [0, 0.05) is 26.1 Å². The Bertz CT molecular complexity index is 462. The van der Waals surface area contributed by atoms with Gasteiger partial charge in [-0.05, 0) is 43.9 Å². The van der Waals surface area contributed by atoms with Gasteiger partial charge in [0.05, 0.1) is 6.10 Å². The second-order valence-corrected chi connectivity index (χ2v) is 6.49. The smallest absolute Gasteiger partial charge is 0.123 e. The van der Waals surface area contributed by atoms with E-state index in [0.29, 0.717) is 0 Å². The predicted octanol–water partition coefficient (Wildman–Crippen LogP) is 2.36. The fraction of sp³-hybridized carbons (Fsp3) is 0.625. The van der Waals surface area contributed by atoms with Crippen LogP contribution in [0.1, 0.15) is 37.8 Å². The van der Waals surface area contributed by atoms with Crippen LogP contribution in [0.2, 0.25) is 0 Å². The SMILES string of the molecule is CC1(C)Cc2cc(CN3CCC(O)CC3)ccc2O1. The molecule has 0 bridgehead atoms. The van der Waals surface area contributed by atoms with Gasteiger partial charge in [0.15, 0.2) is 0 Å². The minimum absolute atomic E-state index is 0.0593. The van der Waals surface area contributed by atoms with E-state index in [2.05, 4.69) is 36.9 Å². The summed E-state index contributed by atoms with van der Waals surface area (Å²) in [4.78, 5) is 2.43. The lowest BCUT2D eigenvalue weighted by molar-refractivity contribution is 0.0792. The molecule has 2 aliphatic rings. The Morgan fingerprint density at radius 2 is 2.05 bits per heavy atom. The van der Waals surface area contributed by atoms with Crippen LogP contribution in [0, 0.1) is 0 Å². The highest BCUT2D eigenvalue weighted by molar-refractivity contribution is 5.41. The molecular weight excluding hydrogens is 238 g/mol. The molecule has 0 unspecified atom stereocenters. The first-order valence-electron chi connectivity index (χ1n) is 7.23. The van der Waals surface area contributed by atoms with Crippen molar-refractivity contribution in [1.29, 1.82) is 0 Å². The maximum Gasteiger partial charge on any atom is 0.123 e. The lowest BCUT2D eigenvalue weighted by Gasteiger charge is -2.29. The predicted molar refractivity (Wildman–Crippen MR) is 75.4 cm³/mol. The van der Waals surface area contributed by atoms with Crippen molar-refractivity contribution in [1.82, 2.24) is 4.90 Å². The monoisotopic (exact) mass is 261 g/mol. The first-order valence-corrected chi connectivity index (χ1v) is 7.23. The Morgan fingerprint density at radius 1 is 1.32 bits per heavy atom. The van der Waals surface area contributed by atoms with E-state index in [4.69, 9.17) is 4.74 Å². The number of hydrogen-bond acceptors (Lipinski definition) is 3. The summed E-state index contributed by atoms with van der Waals surface area (Å²) >= 11 is 0. The zero-order chi connectivity index (χ0) is 13.5. The molecule has 3 heteroatoms. The van der Waals surface area contributed by atoms with Gasteiger partial charge in [-0.25, -0.2) is 0 Å². The highest BCUT2D eigenvalue weighted by Gasteiger charge is 2.30. The van der Waals surface area contributed by atoms with Gasteiger partial charge in [-0.15, -0.1) is 0 Å². The quantitative estimate of drug-likeness (QED) is 0.887. The topological polar surface area (TPSA) is 32.7 Å². The maximum absolute atomic E-state index is 9.53. The molecule has 1 N–H and O–H groups in total. The van der Waals surface area contributed by atoms with E-state index in [1.165, 1.54) is 11.1 Å². The van der Waals surface area contributed by atoms with Gasteiger partial charge in [-0.3, -0.25) is 4.90 Å². The average Bonchev–Trinajstić information content (AvgIpc) is 2.65. The van der Waals surface area contributed by atoms with Crippen LogP contribution in [0.4, 0.5) is 0 Å². The summed E-state index contributed by atoms with van der Waals surface area (Å²) in [5, 5.41) is 9.53. The number of aliphatic hydroxyl groups excluding tert-OH is 1. The fourth-order valence-corrected chi connectivity index (χ4v) is 3.10. The number of rotatable bonds is 2. The van der Waals surface area contributed by atoms with E-state index in [0.717, 1.165) is 44.6 Å². The number of fused-ring (bicyclic) bond motifs is 1. The standard InChI is InChI=1S/C16H23NO2/c1-16(2)10-13-9-12(3-4-15(13)19-16)11-17-7-5-14(18)6-8-17/h3-4,9,14,18H,5-8,10-11H2,1-2H3. The largest absolute Gasteiger partial charge is 0.487 e. The van der Waals surface area contributed by atoms with Gasteiger partial charge in [0.1, 0.15) is 11.4 Å². The highest BCUT2D eigenvalue weighted by Crippen LogP contribution is 2.35. The molecule has 19 heavy (non-hydrogen) atoms. The van der Waals surface area contributed by atoms with Gasteiger partial charge in [-0.2, -0.15) is 0 Å². The molecule has 104 valence electrons. The van der Waals surface area contributed by atoms with Gasteiger partial charge < -0.3 is 9.84 Å². The van der Waals surface area contributed by atoms with E-state index in [1.54, 1.807) is 0 Å². The van der Waals surface area contributed by atoms with E-state index >= 15 is 0 Å². The third-order valence-corrected chi connectivity index (χ3v) is 4.09. The molecule has 1 aromatic carbocycles. The Morgan fingerprint density at radius 3 is 2.79 bits per heavy atom. The molecule has 2 heterocycles. The van der Waals surface area contributed by atoms with Crippen molar-refractivity contribution in [2.75, 3.05) is 13.1 Å². The average molecular weight is 261 g/mol. The summed E-state index contributed by atoms with van der Waals surface area (Å²) in [5.41, 5.74) is 2.63. The number of hydrogen-bond donors (Lipinski definition) is 1. The number of aliphatic hydroxyl groups is 1. The Balaban J connectivity index is 1.67. The van der Waals surface area contributed by atoms with Gasteiger partial charge >= 0.3 is 0 Å². The molecular formula is C16H23NO2. The van der Waals surface area contributed by atoms with Gasteiger partial charge in [0.2, 0.25) is 0 Å². The van der Waals surface area contributed by atoms with Crippen molar-refractivity contribution < 1.29 is 9.84 Å². The molecule has 3 nitrogen and oxygen atoms in total. The Hall–Kier alpha value is -1.06. The van der Waals surface area contributed by atoms with Crippen LogP contribution >= 0.6 is 0 Å². The molecule has 1 aromatic rings. The van der Waals surface area contributed by atoms with Crippen LogP contribution < -0.4 is 4.74 Å². The number of piperidine rings is 1. The summed E-state index contributed by atoms with van der Waals surface area (Å²) < 4.78 is 5.91. The number of benzene rings is 1. The second kappa shape index (κ2) is 4.80. The molecule has 0 aromatic heterocycles. The number of likely N-dealkylation sites (tertiary alicyclic amines) is 1. The molecule has 1 saturated heterocycles. The van der Waals surface area contributed by atoms with Crippen LogP contribution in [0.3, 0.4) is 0 Å². The third kappa shape index (κ3) is 2.93. The first kappa shape index (κ1) is 12.9. The molecule has 0 radical (unpaired) electrons. The molecule has 2 aliphatic heterocycles. The summed E-state index contributed by atoms with van der Waals surface area (Å²) in [7, 11) is 0. The lowest BCUT2D eigenvalue weighted by atomic mass is 10.00. The Labute approximate surface area is 115 Å². The van der Waals surface area contributed by atoms with Crippen molar-refractivity contribution in [2.45, 2.75) is 51.4 Å². The van der Waals surface area contributed by atoms with E-state index in [9.17, 15) is 5.11 Å². The van der Waals surface area contributed by atoms with Gasteiger partial charge in [0.25, 0.3) is 0 Å². The molecule has 0 aliphatic carbocycles. The van der Waals surface area contributed by atoms with Crippen LogP contribution in [0.5, 0.6) is 5.75 Å². The van der Waals surface area contributed by atoms with Crippen molar-refractivity contribution >= 4 is 0 Å². The highest BCUT2D eigenvalue weighted by atomic mass is 16.5. The van der Waals surface area contributed by atoms with Crippen LogP contribution in [-0.4, -0.2) is 34.8 Å². The maximum atomic E-state index is 9.53. The normalized spacial score (nSPS) is 23.1. The van der Waals surface area contributed by atoms with E-state index < -0.39 is 0 Å². The lowest BCUT2D eigenvalue weighted by Crippen LogP contribution is -2.35. The van der Waals surface area contributed by atoms with Gasteiger partial charge in [-0.1, -0.05) is 12.1 Å². The molecule has 1 fully saturated rings. The third-order valence-electron chi connectivity index (χ3n) is 4.09. The number of ether oxygens (including phenoxy) is 1.